The Labute approximate surface area is 113 Å². The van der Waals surface area contributed by atoms with E-state index >= 15 is 0 Å². The molecule has 2 atom stereocenters. The predicted molar refractivity (Wildman–Crippen MR) is 70.8 cm³/mol. The molecule has 0 aliphatic heterocycles. The molecule has 3 amide bonds. The number of carboxylic acids is 1. The minimum absolute atomic E-state index is 0.292. The molecule has 0 bridgehead atoms. The Kier molecular flexibility index (Phi) is 8.32. The van der Waals surface area contributed by atoms with Crippen LogP contribution in [0, 0.1) is 0 Å². The number of carbonyl (C=O) groups excluding carboxylic acids is 2. The van der Waals surface area contributed by atoms with Gasteiger partial charge < -0.3 is 21.1 Å². The van der Waals surface area contributed by atoms with E-state index in [2.05, 4.69) is 16.0 Å². The van der Waals surface area contributed by atoms with Gasteiger partial charge in [0.05, 0.1) is 0 Å². The summed E-state index contributed by atoms with van der Waals surface area (Å²) in [6.45, 7) is 5.84. The van der Waals surface area contributed by atoms with Gasteiger partial charge in [-0.15, -0.1) is 0 Å². The molecule has 7 heteroatoms. The maximum atomic E-state index is 11.6. The fourth-order valence-corrected chi connectivity index (χ4v) is 1.41. The van der Waals surface area contributed by atoms with Gasteiger partial charge in [-0.2, -0.15) is 0 Å². The van der Waals surface area contributed by atoms with Crippen molar-refractivity contribution in [2.75, 3.05) is 6.54 Å². The van der Waals surface area contributed by atoms with E-state index < -0.39 is 24.1 Å². The zero-order valence-corrected chi connectivity index (χ0v) is 11.7. The molecule has 0 aliphatic carbocycles. The average Bonchev–Trinajstić information content (AvgIpc) is 2.34. The second-order valence-electron chi connectivity index (χ2n) is 4.31. The van der Waals surface area contributed by atoms with Crippen LogP contribution in [0.4, 0.5) is 4.79 Å². The molecule has 110 valence electrons. The van der Waals surface area contributed by atoms with Gasteiger partial charge in [0.25, 0.3) is 0 Å². The lowest BCUT2D eigenvalue weighted by molar-refractivity contribution is -0.139. The topological polar surface area (TPSA) is 108 Å². The lowest BCUT2D eigenvalue weighted by atomic mass is 10.2. The van der Waals surface area contributed by atoms with E-state index in [1.165, 1.54) is 0 Å². The highest BCUT2D eigenvalue weighted by molar-refractivity contribution is 5.88. The van der Waals surface area contributed by atoms with Crippen LogP contribution in [0.15, 0.2) is 0 Å². The van der Waals surface area contributed by atoms with Crippen LogP contribution in [0.25, 0.3) is 0 Å². The van der Waals surface area contributed by atoms with E-state index in [4.69, 9.17) is 5.11 Å². The molecule has 1 unspecified atom stereocenters. The monoisotopic (exact) mass is 273 g/mol. The summed E-state index contributed by atoms with van der Waals surface area (Å²) >= 11 is 0. The van der Waals surface area contributed by atoms with Crippen LogP contribution in [0.5, 0.6) is 0 Å². The van der Waals surface area contributed by atoms with Gasteiger partial charge in [-0.3, -0.25) is 4.79 Å². The minimum Gasteiger partial charge on any atom is -0.480 e. The first-order valence-corrected chi connectivity index (χ1v) is 6.49. The normalized spacial score (nSPS) is 13.2. The quantitative estimate of drug-likeness (QED) is 0.515. The van der Waals surface area contributed by atoms with Crippen molar-refractivity contribution in [2.24, 2.45) is 0 Å². The first-order chi connectivity index (χ1) is 8.92. The molecule has 0 aliphatic rings. The van der Waals surface area contributed by atoms with Crippen LogP contribution in [0.3, 0.4) is 0 Å². The van der Waals surface area contributed by atoms with Crippen molar-refractivity contribution in [3.05, 3.63) is 0 Å². The van der Waals surface area contributed by atoms with Crippen LogP contribution in [-0.4, -0.2) is 41.6 Å². The van der Waals surface area contributed by atoms with Gasteiger partial charge in [-0.05, 0) is 19.8 Å². The largest absolute Gasteiger partial charge is 0.480 e. The van der Waals surface area contributed by atoms with Gasteiger partial charge >= 0.3 is 12.0 Å². The van der Waals surface area contributed by atoms with Crippen molar-refractivity contribution in [3.63, 3.8) is 0 Å². The average molecular weight is 273 g/mol. The van der Waals surface area contributed by atoms with E-state index in [0.717, 1.165) is 6.42 Å². The standard InChI is InChI=1S/C12H23N3O4/c1-4-6-9(11(17)18)15-12(19)14-8(3)10(16)13-7-5-2/h8-9H,4-7H2,1-3H3,(H,13,16)(H,17,18)(H2,14,15,19)/t8?,9-/m1/s1. The molecule has 7 nitrogen and oxygen atoms in total. The fraction of sp³-hybridized carbons (Fsp3) is 0.750. The van der Waals surface area contributed by atoms with Gasteiger partial charge in [0.2, 0.25) is 5.91 Å². The summed E-state index contributed by atoms with van der Waals surface area (Å²) in [6, 6.07) is -2.29. The molecule has 0 aromatic rings. The molecule has 0 aromatic heterocycles. The van der Waals surface area contributed by atoms with E-state index in [1.54, 1.807) is 6.92 Å². The van der Waals surface area contributed by atoms with Crippen LogP contribution < -0.4 is 16.0 Å². The molecular weight excluding hydrogens is 250 g/mol. The predicted octanol–water partition coefficient (Wildman–Crippen LogP) is 0.454. The van der Waals surface area contributed by atoms with Crippen molar-refractivity contribution in [1.82, 2.24) is 16.0 Å². The maximum absolute atomic E-state index is 11.6. The number of aliphatic carboxylic acids is 1. The number of hydrogen-bond acceptors (Lipinski definition) is 3. The third kappa shape index (κ3) is 7.28. The van der Waals surface area contributed by atoms with Crippen molar-refractivity contribution >= 4 is 17.9 Å². The number of nitrogens with one attached hydrogen (secondary N) is 3. The Balaban J connectivity index is 4.21. The molecule has 0 rings (SSSR count). The van der Waals surface area contributed by atoms with Gasteiger partial charge in [0.1, 0.15) is 12.1 Å². The highest BCUT2D eigenvalue weighted by atomic mass is 16.4. The van der Waals surface area contributed by atoms with Crippen molar-refractivity contribution in [1.29, 1.82) is 0 Å². The van der Waals surface area contributed by atoms with Gasteiger partial charge in [-0.1, -0.05) is 20.3 Å². The third-order valence-electron chi connectivity index (χ3n) is 2.47. The van der Waals surface area contributed by atoms with Crippen LogP contribution in [0.2, 0.25) is 0 Å². The summed E-state index contributed by atoms with van der Waals surface area (Å²) < 4.78 is 0. The third-order valence-corrected chi connectivity index (χ3v) is 2.47. The molecule has 0 heterocycles. The molecule has 0 fully saturated rings. The summed E-state index contributed by atoms with van der Waals surface area (Å²) in [7, 11) is 0. The highest BCUT2D eigenvalue weighted by Crippen LogP contribution is 1.96. The van der Waals surface area contributed by atoms with Crippen LogP contribution >= 0.6 is 0 Å². The lowest BCUT2D eigenvalue weighted by Gasteiger charge is -2.17. The summed E-state index contributed by atoms with van der Waals surface area (Å²) in [5.41, 5.74) is 0. The minimum atomic E-state index is -1.08. The molecule has 0 radical (unpaired) electrons. The van der Waals surface area contributed by atoms with E-state index in [-0.39, 0.29) is 5.91 Å². The van der Waals surface area contributed by atoms with Crippen LogP contribution in [0.1, 0.15) is 40.0 Å². The fourth-order valence-electron chi connectivity index (χ4n) is 1.41. The number of urea groups is 1. The van der Waals surface area contributed by atoms with Gasteiger partial charge in [-0.25, -0.2) is 9.59 Å². The number of carbonyl (C=O) groups is 3. The summed E-state index contributed by atoms with van der Waals surface area (Å²) in [4.78, 5) is 33.9. The molecule has 4 N–H and O–H groups in total. The first-order valence-electron chi connectivity index (χ1n) is 6.49. The van der Waals surface area contributed by atoms with Gasteiger partial charge in [0.15, 0.2) is 0 Å². The molecule has 0 saturated heterocycles. The van der Waals surface area contributed by atoms with Crippen LogP contribution in [-0.2, 0) is 9.59 Å². The highest BCUT2D eigenvalue weighted by Gasteiger charge is 2.21. The maximum Gasteiger partial charge on any atom is 0.326 e. The number of carboxylic acid groups (broad SMARTS) is 1. The molecule has 0 saturated carbocycles. The zero-order chi connectivity index (χ0) is 14.8. The van der Waals surface area contributed by atoms with E-state index in [1.807, 2.05) is 13.8 Å². The molecule has 0 spiro atoms. The van der Waals surface area contributed by atoms with E-state index in [9.17, 15) is 14.4 Å². The second kappa shape index (κ2) is 9.18. The summed E-state index contributed by atoms with van der Waals surface area (Å²) in [5, 5.41) is 16.3. The molecular formula is C12H23N3O4. The zero-order valence-electron chi connectivity index (χ0n) is 11.7. The smallest absolute Gasteiger partial charge is 0.326 e. The summed E-state index contributed by atoms with van der Waals surface area (Å²) in [5.74, 6) is -1.38. The van der Waals surface area contributed by atoms with Gasteiger partial charge in [0, 0.05) is 6.54 Å². The van der Waals surface area contributed by atoms with E-state index in [0.29, 0.717) is 19.4 Å². The Morgan fingerprint density at radius 1 is 1.11 bits per heavy atom. The Bertz CT molecular complexity index is 320. The molecule has 19 heavy (non-hydrogen) atoms. The Morgan fingerprint density at radius 2 is 1.74 bits per heavy atom. The summed E-state index contributed by atoms with van der Waals surface area (Å²) in [6.07, 6.45) is 1.80. The molecule has 0 aromatic carbocycles. The SMILES string of the molecule is CCCNC(=O)C(C)NC(=O)N[C@H](CCC)C(=O)O. The van der Waals surface area contributed by atoms with Crippen molar-refractivity contribution in [2.45, 2.75) is 52.1 Å². The first kappa shape index (κ1) is 17.2. The van der Waals surface area contributed by atoms with Crippen molar-refractivity contribution in [3.8, 4) is 0 Å². The number of amides is 3. The Hall–Kier alpha value is -1.79. The van der Waals surface area contributed by atoms with Crippen molar-refractivity contribution < 1.29 is 19.5 Å². The number of rotatable bonds is 8. The second-order valence-corrected chi connectivity index (χ2v) is 4.31. The lowest BCUT2D eigenvalue weighted by Crippen LogP contribution is -2.52. The number of hydrogen-bond donors (Lipinski definition) is 4. The Morgan fingerprint density at radius 3 is 2.21 bits per heavy atom.